The van der Waals surface area contributed by atoms with Crippen molar-refractivity contribution in [3.63, 3.8) is 0 Å². The Balaban J connectivity index is 1.07. The van der Waals surface area contributed by atoms with E-state index in [1.807, 2.05) is 0 Å². The van der Waals surface area contributed by atoms with Crippen LogP contribution in [0.25, 0.3) is 49.9 Å². The second-order valence-corrected chi connectivity index (χ2v) is 15.6. The Morgan fingerprint density at radius 3 is 1.92 bits per heavy atom. The number of fused-ring (bicyclic) bond motifs is 7. The van der Waals surface area contributed by atoms with Gasteiger partial charge in [-0.3, -0.25) is 4.99 Å². The first-order valence-electron chi connectivity index (χ1n) is 18.4. The maximum atomic E-state index is 5.39. The van der Waals surface area contributed by atoms with Crippen LogP contribution in [-0.4, -0.2) is 5.84 Å². The lowest BCUT2D eigenvalue weighted by atomic mass is 9.78. The Kier molecular flexibility index (Phi) is 6.67. The SMILES string of the molecule is CC1(C)c2cc3ccccc3cc2-c2c(-c3ccc(C4=CC(c5cccc6c5C(C)(C)c5ccccc5-6)N=C(c5ccccc5)N4)cc3)cccc21. The second-order valence-electron chi connectivity index (χ2n) is 15.6. The number of hydrogen-bond acceptors (Lipinski definition) is 2. The van der Waals surface area contributed by atoms with Crippen LogP contribution in [0.3, 0.4) is 0 Å². The van der Waals surface area contributed by atoms with Gasteiger partial charge in [0.15, 0.2) is 0 Å². The van der Waals surface area contributed by atoms with E-state index in [9.17, 15) is 0 Å². The normalized spacial score (nSPS) is 17.3. The molecule has 2 aliphatic carbocycles. The summed E-state index contributed by atoms with van der Waals surface area (Å²) >= 11 is 0. The van der Waals surface area contributed by atoms with Crippen LogP contribution in [0.1, 0.15) is 72.7 Å². The van der Waals surface area contributed by atoms with E-state index in [0.29, 0.717) is 0 Å². The molecule has 0 fully saturated rings. The zero-order valence-corrected chi connectivity index (χ0v) is 30.0. The van der Waals surface area contributed by atoms with Crippen LogP contribution in [0.2, 0.25) is 0 Å². The molecule has 0 saturated heterocycles. The summed E-state index contributed by atoms with van der Waals surface area (Å²) in [5.41, 5.74) is 17.8. The summed E-state index contributed by atoms with van der Waals surface area (Å²) in [4.78, 5) is 5.39. The van der Waals surface area contributed by atoms with E-state index in [1.165, 1.54) is 72.0 Å². The standard InChI is InChI=1S/C50H40N2/c1-49(2)42-23-13-19-36(46(42)40-28-34-16-8-9-17-35(34)29-43(40)49)31-24-26-32(27-25-31)44-30-45(52-48(51-44)33-14-6-5-7-15-33)39-21-12-20-38-37-18-10-11-22-41(37)50(3,4)47(38)39/h5-30,45H,1-4H3,(H,51,52). The molecule has 0 radical (unpaired) electrons. The molecule has 2 nitrogen and oxygen atoms in total. The molecule has 1 unspecified atom stereocenters. The summed E-state index contributed by atoms with van der Waals surface area (Å²) in [6.45, 7) is 9.45. The van der Waals surface area contributed by atoms with Gasteiger partial charge in [0, 0.05) is 22.1 Å². The van der Waals surface area contributed by atoms with Gasteiger partial charge in [0.25, 0.3) is 0 Å². The van der Waals surface area contributed by atoms with Crippen molar-refractivity contribution in [2.24, 2.45) is 4.99 Å². The molecule has 10 rings (SSSR count). The lowest BCUT2D eigenvalue weighted by Gasteiger charge is -2.29. The Morgan fingerprint density at radius 1 is 0.481 bits per heavy atom. The average molecular weight is 669 g/mol. The first kappa shape index (κ1) is 30.8. The van der Waals surface area contributed by atoms with Gasteiger partial charge in [-0.2, -0.15) is 0 Å². The van der Waals surface area contributed by atoms with E-state index in [1.54, 1.807) is 0 Å². The number of amidine groups is 1. The van der Waals surface area contributed by atoms with Crippen molar-refractivity contribution in [1.82, 2.24) is 5.32 Å². The fraction of sp³-hybridized carbons (Fsp3) is 0.140. The van der Waals surface area contributed by atoms with Crippen molar-refractivity contribution in [1.29, 1.82) is 0 Å². The van der Waals surface area contributed by atoms with Crippen LogP contribution < -0.4 is 5.32 Å². The molecule has 7 aromatic rings. The summed E-state index contributed by atoms with van der Waals surface area (Å²) in [6, 6.07) is 55.5. The fourth-order valence-corrected chi connectivity index (χ4v) is 9.28. The van der Waals surface area contributed by atoms with Crippen LogP contribution in [0.15, 0.2) is 163 Å². The number of nitrogens with one attached hydrogen (secondary N) is 1. The van der Waals surface area contributed by atoms with Crippen LogP contribution >= 0.6 is 0 Å². The first-order valence-corrected chi connectivity index (χ1v) is 18.4. The summed E-state index contributed by atoms with van der Waals surface area (Å²) < 4.78 is 0. The fourth-order valence-electron chi connectivity index (χ4n) is 9.28. The predicted octanol–water partition coefficient (Wildman–Crippen LogP) is 12.3. The van der Waals surface area contributed by atoms with Crippen LogP contribution in [0, 0.1) is 0 Å². The minimum absolute atomic E-state index is 0.0722. The van der Waals surface area contributed by atoms with E-state index in [2.05, 4.69) is 191 Å². The van der Waals surface area contributed by atoms with Crippen molar-refractivity contribution in [2.45, 2.75) is 44.6 Å². The zero-order chi connectivity index (χ0) is 35.2. The topological polar surface area (TPSA) is 24.4 Å². The van der Waals surface area contributed by atoms with Crippen LogP contribution in [0.4, 0.5) is 0 Å². The van der Waals surface area contributed by atoms with Gasteiger partial charge in [-0.15, -0.1) is 0 Å². The Labute approximate surface area is 306 Å². The highest BCUT2D eigenvalue weighted by Gasteiger charge is 2.39. The number of rotatable bonds is 4. The molecule has 1 N–H and O–H groups in total. The average Bonchev–Trinajstić information content (AvgIpc) is 3.56. The molecule has 0 spiro atoms. The molecule has 2 heteroatoms. The predicted molar refractivity (Wildman–Crippen MR) is 218 cm³/mol. The van der Waals surface area contributed by atoms with Crippen LogP contribution in [0.5, 0.6) is 0 Å². The number of hydrogen-bond donors (Lipinski definition) is 1. The molecule has 1 atom stereocenters. The lowest BCUT2D eigenvalue weighted by molar-refractivity contribution is 0.645. The van der Waals surface area contributed by atoms with E-state index in [4.69, 9.17) is 4.99 Å². The van der Waals surface area contributed by atoms with E-state index < -0.39 is 0 Å². The Hall–Kier alpha value is -5.99. The van der Waals surface area contributed by atoms with Gasteiger partial charge in [0.05, 0.1) is 6.04 Å². The molecule has 3 aliphatic rings. The molecular weight excluding hydrogens is 629 g/mol. The molecule has 250 valence electrons. The lowest BCUT2D eigenvalue weighted by Crippen LogP contribution is -2.28. The molecule has 52 heavy (non-hydrogen) atoms. The highest BCUT2D eigenvalue weighted by Crippen LogP contribution is 2.54. The van der Waals surface area contributed by atoms with Crippen molar-refractivity contribution >= 4 is 22.3 Å². The van der Waals surface area contributed by atoms with E-state index in [0.717, 1.165) is 22.7 Å². The number of nitrogens with zero attached hydrogens (tertiary/aromatic N) is 1. The summed E-state index contributed by atoms with van der Waals surface area (Å²) in [5.74, 6) is 0.894. The van der Waals surface area contributed by atoms with E-state index in [-0.39, 0.29) is 16.9 Å². The largest absolute Gasteiger partial charge is 0.340 e. The first-order chi connectivity index (χ1) is 25.3. The highest BCUT2D eigenvalue weighted by molar-refractivity contribution is 6.05. The third kappa shape index (κ3) is 4.53. The molecule has 0 saturated carbocycles. The molecule has 0 aromatic heterocycles. The Morgan fingerprint density at radius 2 is 1.12 bits per heavy atom. The minimum atomic E-state index is -0.138. The molecule has 0 amide bonds. The Bertz CT molecular complexity index is 2640. The van der Waals surface area contributed by atoms with Gasteiger partial charge in [-0.25, -0.2) is 0 Å². The zero-order valence-electron chi connectivity index (χ0n) is 30.0. The number of benzene rings is 7. The molecule has 0 bridgehead atoms. The molecule has 7 aromatic carbocycles. The molecule has 1 heterocycles. The third-order valence-corrected chi connectivity index (χ3v) is 11.9. The maximum absolute atomic E-state index is 5.39. The number of aliphatic imine (C=N–C) groups is 1. The maximum Gasteiger partial charge on any atom is 0.133 e. The van der Waals surface area contributed by atoms with Crippen LogP contribution in [-0.2, 0) is 10.8 Å². The summed E-state index contributed by atoms with van der Waals surface area (Å²) in [7, 11) is 0. The minimum Gasteiger partial charge on any atom is -0.340 e. The van der Waals surface area contributed by atoms with Gasteiger partial charge in [0.2, 0.25) is 0 Å². The van der Waals surface area contributed by atoms with Crippen molar-refractivity contribution in [3.8, 4) is 33.4 Å². The highest BCUT2D eigenvalue weighted by atomic mass is 15.0. The van der Waals surface area contributed by atoms with Gasteiger partial charge < -0.3 is 5.32 Å². The van der Waals surface area contributed by atoms with Gasteiger partial charge in [-0.1, -0.05) is 167 Å². The van der Waals surface area contributed by atoms with Crippen molar-refractivity contribution in [2.75, 3.05) is 0 Å². The summed E-state index contributed by atoms with van der Waals surface area (Å²) in [6.07, 6.45) is 2.32. The molecule has 1 aliphatic heterocycles. The van der Waals surface area contributed by atoms with Crippen molar-refractivity contribution < 1.29 is 0 Å². The van der Waals surface area contributed by atoms with E-state index >= 15 is 0 Å². The molecular formula is C50H40N2. The smallest absolute Gasteiger partial charge is 0.133 e. The third-order valence-electron chi connectivity index (χ3n) is 11.9. The van der Waals surface area contributed by atoms with Gasteiger partial charge in [-0.05, 0) is 95.7 Å². The second kappa shape index (κ2) is 11.3. The van der Waals surface area contributed by atoms with Gasteiger partial charge in [0.1, 0.15) is 5.84 Å². The quantitative estimate of drug-likeness (QED) is 0.198. The van der Waals surface area contributed by atoms with Gasteiger partial charge >= 0.3 is 0 Å². The summed E-state index contributed by atoms with van der Waals surface area (Å²) in [5, 5.41) is 6.33. The van der Waals surface area contributed by atoms with Crippen molar-refractivity contribution in [3.05, 3.63) is 197 Å². The monoisotopic (exact) mass is 668 g/mol.